The monoisotopic (exact) mass is 1250 g/mol. The first-order chi connectivity index (χ1) is 42.5. The lowest BCUT2D eigenvalue weighted by Gasteiger charge is -2.13. The normalized spacial score (nSPS) is 12.3. The van der Waals surface area contributed by atoms with Crippen molar-refractivity contribution < 1.29 is 43.9 Å². The van der Waals surface area contributed by atoms with Crippen molar-refractivity contribution in [3.8, 4) is 55.6 Å². The molecule has 0 amide bonds. The molecule has 1 N–H and O–H groups in total. The summed E-state index contributed by atoms with van der Waals surface area (Å²) in [5.41, 5.74) is 8.08. The van der Waals surface area contributed by atoms with Crippen LogP contribution in [0, 0.1) is 120 Å². The summed E-state index contributed by atoms with van der Waals surface area (Å²) in [6, 6.07) is 26.8. The Morgan fingerprint density at radius 3 is 0.787 bits per heavy atom. The third kappa shape index (κ3) is 9.85. The van der Waals surface area contributed by atoms with Gasteiger partial charge >= 0.3 is 0 Å². The summed E-state index contributed by atoms with van der Waals surface area (Å²) in [7, 11) is 0. The molecule has 89 heavy (non-hydrogen) atoms. The number of aromatic amines is 1. The molecule has 0 saturated carbocycles. The van der Waals surface area contributed by atoms with E-state index in [0.29, 0.717) is 39.2 Å². The fourth-order valence-corrected chi connectivity index (χ4v) is 16.1. The van der Waals surface area contributed by atoms with Gasteiger partial charge < -0.3 is 4.98 Å². The molecule has 0 unspecified atom stereocenters. The lowest BCUT2D eigenvalue weighted by Crippen LogP contribution is -2.06. The van der Waals surface area contributed by atoms with Crippen molar-refractivity contribution in [2.45, 2.75) is 62.3 Å². The van der Waals surface area contributed by atoms with Crippen LogP contribution in [-0.2, 0) is 0 Å². The number of aryl methyl sites for hydroxylation is 9. The van der Waals surface area contributed by atoms with Gasteiger partial charge in [0.05, 0.1) is 45.3 Å². The van der Waals surface area contributed by atoms with Gasteiger partial charge in [-0.25, -0.2) is 58.9 Å². The van der Waals surface area contributed by atoms with Crippen molar-refractivity contribution >= 4 is 110 Å². The van der Waals surface area contributed by atoms with Gasteiger partial charge in [-0.1, -0.05) is 53.1 Å². The van der Waals surface area contributed by atoms with Crippen molar-refractivity contribution in [1.29, 1.82) is 0 Å². The van der Waals surface area contributed by atoms with Gasteiger partial charge in [-0.05, 0) is 197 Å². The molecule has 0 fully saturated rings. The molecule has 14 bridgehead atoms. The minimum atomic E-state index is -2.37. The maximum Gasteiger partial charge on any atom is 0.200 e. The molecular formula is C72H48F10N4S3. The zero-order valence-electron chi connectivity index (χ0n) is 48.9. The number of halogens is 10. The minimum absolute atomic E-state index is 0.0731. The number of thiophene rings is 3. The zero-order valence-corrected chi connectivity index (χ0v) is 51.3. The predicted octanol–water partition coefficient (Wildman–Crippen LogP) is 22.4. The molecule has 5 aromatic carbocycles. The standard InChI is InChI=1S/C72H48F10N4S3/c1-30-24-33(4)53(34(5)25-30)56-39-10-12-41(83-39)57(61-63(73)67(77)71(81)68(78)64(61)74)43-14-16-45(85-43)59(54-35(6)26-31(2)27-36(54)7)51-22-20-49(88-51)47-18-19-48(87-47)50-21-23-52(89-50)60(55-37(8)28-32(3)29-38(55)9)46-17-15-44(86-46)58(42-13-11-40(56)84-42)62-65(75)69(79)72(82)70(80)66(62)76/h10-29,83H,1-9H3. The van der Waals surface area contributed by atoms with E-state index in [4.69, 9.17) is 15.0 Å². The molecule has 8 heterocycles. The van der Waals surface area contributed by atoms with Crippen molar-refractivity contribution in [1.82, 2.24) is 19.9 Å². The van der Waals surface area contributed by atoms with Crippen LogP contribution in [0.3, 0.4) is 0 Å². The minimum Gasteiger partial charge on any atom is -0.354 e. The molecule has 0 saturated heterocycles. The fourth-order valence-electron chi connectivity index (χ4n) is 12.7. The fraction of sp³-hybridized carbons (Fsp3) is 0.125. The molecule has 0 aliphatic carbocycles. The van der Waals surface area contributed by atoms with Gasteiger partial charge in [-0.2, -0.15) is 0 Å². The molecule has 13 rings (SSSR count). The highest BCUT2D eigenvalue weighted by Gasteiger charge is 2.33. The van der Waals surface area contributed by atoms with E-state index in [-0.39, 0.29) is 39.4 Å². The van der Waals surface area contributed by atoms with Crippen molar-refractivity contribution in [2.24, 2.45) is 0 Å². The average Bonchev–Trinajstić information content (AvgIpc) is 1.79. The van der Waals surface area contributed by atoms with Gasteiger partial charge in [0.1, 0.15) is 0 Å². The number of aromatic nitrogens is 4. The summed E-state index contributed by atoms with van der Waals surface area (Å²) in [6.07, 6.45) is 9.01. The lowest BCUT2D eigenvalue weighted by molar-refractivity contribution is 0.381. The van der Waals surface area contributed by atoms with Gasteiger partial charge in [-0.15, -0.1) is 34.0 Å². The average molecular weight is 1260 g/mol. The van der Waals surface area contributed by atoms with Crippen LogP contribution in [-0.4, -0.2) is 19.9 Å². The first-order valence-corrected chi connectivity index (χ1v) is 30.5. The number of rotatable bonds is 5. The number of hydrogen-bond donors (Lipinski definition) is 1. The quantitative estimate of drug-likeness (QED) is 0.106. The third-order valence-corrected chi connectivity index (χ3v) is 19.9. The molecule has 3 aliphatic heterocycles. The van der Waals surface area contributed by atoms with E-state index in [1.807, 2.05) is 135 Å². The van der Waals surface area contributed by atoms with Crippen LogP contribution < -0.4 is 0 Å². The van der Waals surface area contributed by atoms with E-state index in [2.05, 4.69) is 4.98 Å². The van der Waals surface area contributed by atoms with Crippen molar-refractivity contribution in [3.63, 3.8) is 0 Å². The highest BCUT2D eigenvalue weighted by Crippen LogP contribution is 2.47. The summed E-state index contributed by atoms with van der Waals surface area (Å²) in [4.78, 5) is 18.3. The topological polar surface area (TPSA) is 54.5 Å². The third-order valence-electron chi connectivity index (χ3n) is 16.2. The maximum atomic E-state index is 16.7. The Labute approximate surface area is 515 Å². The Balaban J connectivity index is 1.26. The molecule has 3 aliphatic rings. The molecule has 10 aromatic rings. The number of benzene rings is 5. The smallest absolute Gasteiger partial charge is 0.200 e. The van der Waals surface area contributed by atoms with E-state index in [1.54, 1.807) is 23.5 Å². The Hall–Kier alpha value is -9.03. The first kappa shape index (κ1) is 59.0. The summed E-state index contributed by atoms with van der Waals surface area (Å²) in [5, 5.41) is 0. The molecule has 5 aromatic heterocycles. The molecule has 17 heteroatoms. The van der Waals surface area contributed by atoms with E-state index < -0.39 is 80.4 Å². The first-order valence-electron chi connectivity index (χ1n) is 28.0. The van der Waals surface area contributed by atoms with Gasteiger partial charge in [0.25, 0.3) is 0 Å². The SMILES string of the molecule is Cc1cc(C)c(-c2c3nc(c(-c4c(F)c(F)c(F)c(F)c4F)c4nc(c(-c5c(C)cc(C)cc5C)c5ccc(s5)c5ccc(s5)c5ccc(s5)c(-c5c(C)cc(C)cc5C)c5nc(c(-c6c(F)c(F)c(F)c(F)c6F)c6ccc2[nH]6)C=C5)C=C4)C=C3)c(C)c1. The molecule has 0 radical (unpaired) electrons. The molecule has 4 nitrogen and oxygen atoms in total. The highest BCUT2D eigenvalue weighted by atomic mass is 32.1. The van der Waals surface area contributed by atoms with Crippen LogP contribution in [0.25, 0.3) is 131 Å². The number of fused-ring (bicyclic) bond motifs is 16. The Morgan fingerprint density at radius 2 is 0.472 bits per heavy atom. The van der Waals surface area contributed by atoms with Crippen LogP contribution in [0.2, 0.25) is 0 Å². The van der Waals surface area contributed by atoms with Gasteiger partial charge in [0, 0.05) is 67.1 Å². The number of nitrogens with one attached hydrogen (secondary N) is 1. The largest absolute Gasteiger partial charge is 0.354 e. The Kier molecular flexibility index (Phi) is 14.7. The molecule has 444 valence electrons. The Morgan fingerprint density at radius 1 is 0.247 bits per heavy atom. The second-order valence-electron chi connectivity index (χ2n) is 22.5. The van der Waals surface area contributed by atoms with Crippen LogP contribution in [0.15, 0.2) is 84.9 Å². The van der Waals surface area contributed by atoms with Crippen LogP contribution in [0.5, 0.6) is 0 Å². The van der Waals surface area contributed by atoms with E-state index in [1.165, 1.54) is 59.1 Å². The zero-order chi connectivity index (χ0) is 62.9. The van der Waals surface area contributed by atoms with Gasteiger partial charge in [0.15, 0.2) is 46.5 Å². The van der Waals surface area contributed by atoms with Gasteiger partial charge in [0.2, 0.25) is 11.6 Å². The van der Waals surface area contributed by atoms with Crippen molar-refractivity contribution in [3.05, 3.63) is 227 Å². The van der Waals surface area contributed by atoms with Crippen LogP contribution in [0.4, 0.5) is 43.9 Å². The van der Waals surface area contributed by atoms with Crippen LogP contribution in [0.1, 0.15) is 84.2 Å². The molecular weight excluding hydrogens is 1210 g/mol. The second kappa shape index (κ2) is 22.2. The van der Waals surface area contributed by atoms with E-state index >= 15 is 43.9 Å². The lowest BCUT2D eigenvalue weighted by atomic mass is 9.92. The predicted molar refractivity (Wildman–Crippen MR) is 345 cm³/mol. The van der Waals surface area contributed by atoms with E-state index in [0.717, 1.165) is 78.3 Å². The van der Waals surface area contributed by atoms with Crippen molar-refractivity contribution in [2.75, 3.05) is 0 Å². The Bertz CT molecular complexity index is 5140. The van der Waals surface area contributed by atoms with Crippen LogP contribution >= 0.6 is 34.0 Å². The number of hydrogen-bond acceptors (Lipinski definition) is 6. The second-order valence-corrected chi connectivity index (χ2v) is 25.8. The maximum absolute atomic E-state index is 16.7. The summed E-state index contributed by atoms with van der Waals surface area (Å²) < 4.78 is 165. The summed E-state index contributed by atoms with van der Waals surface area (Å²) >= 11 is 4.53. The number of H-pyrrole nitrogens is 1. The summed E-state index contributed by atoms with van der Waals surface area (Å²) in [6.45, 7) is 17.3. The molecule has 0 spiro atoms. The summed E-state index contributed by atoms with van der Waals surface area (Å²) in [5.74, 6) is -22.0. The highest BCUT2D eigenvalue weighted by molar-refractivity contribution is 7.33. The number of nitrogens with zero attached hydrogens (tertiary/aromatic N) is 3. The molecule has 0 atom stereocenters. The van der Waals surface area contributed by atoms with Gasteiger partial charge in [-0.3, -0.25) is 0 Å². The van der Waals surface area contributed by atoms with E-state index in [9.17, 15) is 0 Å².